The van der Waals surface area contributed by atoms with Gasteiger partial charge in [-0.25, -0.2) is 14.2 Å². The maximum absolute atomic E-state index is 13.3. The summed E-state index contributed by atoms with van der Waals surface area (Å²) >= 11 is 3.41. The maximum Gasteiger partial charge on any atom is 0.319 e. The second-order valence-electron chi connectivity index (χ2n) is 6.44. The number of halogens is 2. The Balaban J connectivity index is 1.51. The summed E-state index contributed by atoms with van der Waals surface area (Å²) in [6, 6.07) is 21.2. The smallest absolute Gasteiger partial charge is 0.319 e. The molecule has 29 heavy (non-hydrogen) atoms. The van der Waals surface area contributed by atoms with Crippen LogP contribution >= 0.6 is 15.9 Å². The van der Waals surface area contributed by atoms with Crippen LogP contribution < -0.4 is 10.6 Å². The molecule has 3 aromatic carbocycles. The van der Waals surface area contributed by atoms with Crippen molar-refractivity contribution in [2.45, 2.75) is 6.54 Å². The molecular formula is C22H18BrFN4O. The van der Waals surface area contributed by atoms with Crippen molar-refractivity contribution in [3.8, 4) is 11.4 Å². The fraction of sp³-hybridized carbons (Fsp3) is 0.0909. The summed E-state index contributed by atoms with van der Waals surface area (Å²) in [6.07, 6.45) is 0. The van der Waals surface area contributed by atoms with Crippen LogP contribution in [0, 0.1) is 5.82 Å². The van der Waals surface area contributed by atoms with Gasteiger partial charge in [0.05, 0.1) is 16.7 Å². The molecule has 0 fully saturated rings. The van der Waals surface area contributed by atoms with Crippen LogP contribution in [-0.2, 0) is 6.54 Å². The van der Waals surface area contributed by atoms with Gasteiger partial charge in [0.15, 0.2) is 0 Å². The quantitative estimate of drug-likeness (QED) is 0.424. The van der Waals surface area contributed by atoms with Gasteiger partial charge in [0.25, 0.3) is 0 Å². The van der Waals surface area contributed by atoms with Crippen molar-refractivity contribution >= 4 is 38.7 Å². The predicted octanol–water partition coefficient (Wildman–Crippen LogP) is 5.43. The number of rotatable bonds is 5. The van der Waals surface area contributed by atoms with Crippen molar-refractivity contribution in [3.63, 3.8) is 0 Å². The van der Waals surface area contributed by atoms with Crippen molar-refractivity contribution in [1.29, 1.82) is 0 Å². The zero-order valence-electron chi connectivity index (χ0n) is 15.4. The summed E-state index contributed by atoms with van der Waals surface area (Å²) in [5.41, 5.74) is 3.33. The number of urea groups is 1. The first-order chi connectivity index (χ1) is 14.1. The molecule has 0 aliphatic rings. The minimum atomic E-state index is -0.290. The summed E-state index contributed by atoms with van der Waals surface area (Å²) in [7, 11) is 0. The van der Waals surface area contributed by atoms with Crippen LogP contribution in [0.4, 0.5) is 14.9 Å². The van der Waals surface area contributed by atoms with E-state index in [0.29, 0.717) is 18.8 Å². The number of nitrogens with zero attached hydrogens (tertiary/aromatic N) is 2. The Morgan fingerprint density at radius 2 is 1.72 bits per heavy atom. The minimum absolute atomic E-state index is 0.287. The molecule has 5 nitrogen and oxygen atoms in total. The lowest BCUT2D eigenvalue weighted by Gasteiger charge is -2.12. The Bertz CT molecular complexity index is 1160. The van der Waals surface area contributed by atoms with E-state index in [2.05, 4.69) is 26.6 Å². The number of carbonyl (C=O) groups excluding carboxylic acids is 1. The van der Waals surface area contributed by atoms with Gasteiger partial charge in [0.1, 0.15) is 11.6 Å². The lowest BCUT2D eigenvalue weighted by Crippen LogP contribution is -2.31. The molecule has 4 aromatic rings. The molecule has 0 radical (unpaired) electrons. The van der Waals surface area contributed by atoms with Crippen LogP contribution in [-0.4, -0.2) is 22.1 Å². The van der Waals surface area contributed by atoms with E-state index in [0.717, 1.165) is 26.9 Å². The molecule has 2 amide bonds. The Kier molecular flexibility index (Phi) is 5.57. The number of amides is 2. The van der Waals surface area contributed by atoms with Crippen LogP contribution in [0.25, 0.3) is 22.4 Å². The fourth-order valence-corrected chi connectivity index (χ4v) is 3.52. The fourth-order valence-electron chi connectivity index (χ4n) is 3.13. The molecule has 146 valence electrons. The van der Waals surface area contributed by atoms with E-state index in [-0.39, 0.29) is 11.8 Å². The maximum atomic E-state index is 13.3. The zero-order valence-corrected chi connectivity index (χ0v) is 17.0. The van der Waals surface area contributed by atoms with E-state index in [4.69, 9.17) is 4.98 Å². The third-order valence-corrected chi connectivity index (χ3v) is 5.19. The van der Waals surface area contributed by atoms with Gasteiger partial charge in [-0.05, 0) is 64.5 Å². The molecule has 2 N–H and O–H groups in total. The summed E-state index contributed by atoms with van der Waals surface area (Å²) in [5, 5.41) is 5.69. The van der Waals surface area contributed by atoms with E-state index in [9.17, 15) is 9.18 Å². The Morgan fingerprint density at radius 3 is 2.52 bits per heavy atom. The summed E-state index contributed by atoms with van der Waals surface area (Å²) in [4.78, 5) is 16.9. The number of imidazole rings is 1. The lowest BCUT2D eigenvalue weighted by atomic mass is 10.2. The second kappa shape index (κ2) is 8.45. The number of aromatic nitrogens is 2. The summed E-state index contributed by atoms with van der Waals surface area (Å²) < 4.78 is 16.2. The van der Waals surface area contributed by atoms with Gasteiger partial charge in [-0.3, -0.25) is 0 Å². The molecule has 1 heterocycles. The first kappa shape index (κ1) is 19.1. The molecular weight excluding hydrogens is 435 g/mol. The molecule has 0 aliphatic carbocycles. The number of nitrogens with one attached hydrogen (secondary N) is 2. The van der Waals surface area contributed by atoms with E-state index in [1.807, 2.05) is 53.1 Å². The molecule has 0 spiro atoms. The number of fused-ring (bicyclic) bond motifs is 1. The number of para-hydroxylation sites is 3. The SMILES string of the molecule is O=C(NCCn1c(-c2ccc(F)cc2)nc2ccccc21)Nc1ccccc1Br. The van der Waals surface area contributed by atoms with Crippen molar-refractivity contribution < 1.29 is 9.18 Å². The van der Waals surface area contributed by atoms with Gasteiger partial charge in [-0.2, -0.15) is 0 Å². The molecule has 4 rings (SSSR count). The summed E-state index contributed by atoms with van der Waals surface area (Å²) in [6.45, 7) is 0.932. The van der Waals surface area contributed by atoms with Gasteiger partial charge in [0.2, 0.25) is 0 Å². The molecule has 0 unspecified atom stereocenters. The van der Waals surface area contributed by atoms with Gasteiger partial charge in [-0.15, -0.1) is 0 Å². The van der Waals surface area contributed by atoms with E-state index in [1.165, 1.54) is 12.1 Å². The normalized spacial score (nSPS) is 10.8. The number of benzene rings is 3. The average molecular weight is 453 g/mol. The predicted molar refractivity (Wildman–Crippen MR) is 116 cm³/mol. The molecule has 0 aliphatic heterocycles. The van der Waals surface area contributed by atoms with Crippen LogP contribution in [0.2, 0.25) is 0 Å². The van der Waals surface area contributed by atoms with Crippen molar-refractivity contribution in [2.24, 2.45) is 0 Å². The largest absolute Gasteiger partial charge is 0.336 e. The van der Waals surface area contributed by atoms with Crippen molar-refractivity contribution in [1.82, 2.24) is 14.9 Å². The Labute approximate surface area is 175 Å². The third kappa shape index (κ3) is 4.30. The van der Waals surface area contributed by atoms with Gasteiger partial charge in [-0.1, -0.05) is 24.3 Å². The average Bonchev–Trinajstić information content (AvgIpc) is 3.09. The van der Waals surface area contributed by atoms with Crippen LogP contribution in [0.5, 0.6) is 0 Å². The highest BCUT2D eigenvalue weighted by atomic mass is 79.9. The molecule has 7 heteroatoms. The zero-order chi connectivity index (χ0) is 20.2. The molecule has 0 saturated heterocycles. The lowest BCUT2D eigenvalue weighted by molar-refractivity contribution is 0.251. The van der Waals surface area contributed by atoms with Crippen LogP contribution in [0.3, 0.4) is 0 Å². The number of hydrogen-bond acceptors (Lipinski definition) is 2. The van der Waals surface area contributed by atoms with E-state index in [1.54, 1.807) is 12.1 Å². The van der Waals surface area contributed by atoms with Gasteiger partial charge in [0, 0.05) is 23.1 Å². The monoisotopic (exact) mass is 452 g/mol. The minimum Gasteiger partial charge on any atom is -0.336 e. The highest BCUT2D eigenvalue weighted by molar-refractivity contribution is 9.10. The van der Waals surface area contributed by atoms with Crippen molar-refractivity contribution in [3.05, 3.63) is 83.1 Å². The summed E-state index contributed by atoms with van der Waals surface area (Å²) in [5.74, 6) is 0.445. The van der Waals surface area contributed by atoms with E-state index >= 15 is 0 Å². The van der Waals surface area contributed by atoms with Gasteiger partial charge >= 0.3 is 6.03 Å². The Morgan fingerprint density at radius 1 is 1.00 bits per heavy atom. The van der Waals surface area contributed by atoms with Crippen LogP contribution in [0.15, 0.2) is 77.3 Å². The van der Waals surface area contributed by atoms with Crippen molar-refractivity contribution in [2.75, 3.05) is 11.9 Å². The molecule has 1 aromatic heterocycles. The number of hydrogen-bond donors (Lipinski definition) is 2. The third-order valence-electron chi connectivity index (χ3n) is 4.50. The number of carbonyl (C=O) groups is 1. The topological polar surface area (TPSA) is 59.0 Å². The first-order valence-electron chi connectivity index (χ1n) is 9.12. The molecule has 0 atom stereocenters. The van der Waals surface area contributed by atoms with Crippen LogP contribution in [0.1, 0.15) is 0 Å². The first-order valence-corrected chi connectivity index (χ1v) is 9.92. The van der Waals surface area contributed by atoms with Gasteiger partial charge < -0.3 is 15.2 Å². The molecule has 0 saturated carbocycles. The molecule has 0 bridgehead atoms. The highest BCUT2D eigenvalue weighted by Gasteiger charge is 2.13. The highest BCUT2D eigenvalue weighted by Crippen LogP contribution is 2.25. The second-order valence-corrected chi connectivity index (χ2v) is 7.30. The standard InChI is InChI=1S/C22H18BrFN4O/c23-17-5-1-2-6-18(17)27-22(29)25-13-14-28-20-8-4-3-7-19(20)26-21(28)15-9-11-16(24)12-10-15/h1-12H,13-14H2,(H2,25,27,29). The Hall–Kier alpha value is -3.19. The van der Waals surface area contributed by atoms with E-state index < -0.39 is 0 Å². The number of anilines is 1.